The van der Waals surface area contributed by atoms with Crippen LogP contribution in [0.4, 0.5) is 4.39 Å². The van der Waals surface area contributed by atoms with Gasteiger partial charge in [-0.25, -0.2) is 4.39 Å². The normalized spacial score (nSPS) is 13.1. The van der Waals surface area contributed by atoms with Crippen LogP contribution in [0.3, 0.4) is 0 Å². The van der Waals surface area contributed by atoms with Gasteiger partial charge in [-0.1, -0.05) is 52.4 Å². The molecule has 1 N–H and O–H groups in total. The van der Waals surface area contributed by atoms with Crippen molar-refractivity contribution in [1.82, 2.24) is 5.32 Å². The van der Waals surface area contributed by atoms with Crippen molar-refractivity contribution >= 4 is 38.5 Å². The molecule has 90 valence electrons. The van der Waals surface area contributed by atoms with E-state index in [1.54, 1.807) is 6.07 Å². The third-order valence-corrected chi connectivity index (χ3v) is 3.87. The highest BCUT2D eigenvalue weighted by atomic mass is 127. The van der Waals surface area contributed by atoms with Gasteiger partial charge in [0.25, 0.3) is 0 Å². The maximum atomic E-state index is 13.1. The Morgan fingerprint density at radius 2 is 2.06 bits per heavy atom. The van der Waals surface area contributed by atoms with Crippen LogP contribution in [0.5, 0.6) is 0 Å². The Morgan fingerprint density at radius 1 is 1.38 bits per heavy atom. The lowest BCUT2D eigenvalue weighted by atomic mass is 10.1. The largest absolute Gasteiger partial charge is 0.309 e. The summed E-state index contributed by atoms with van der Waals surface area (Å²) in [4.78, 5) is 0. The van der Waals surface area contributed by atoms with Gasteiger partial charge in [-0.2, -0.15) is 0 Å². The van der Waals surface area contributed by atoms with E-state index in [4.69, 9.17) is 0 Å². The number of halogens is 3. The number of hydrogen-bond acceptors (Lipinski definition) is 1. The number of alkyl halides is 1. The van der Waals surface area contributed by atoms with Crippen molar-refractivity contribution in [3.8, 4) is 0 Å². The molecule has 1 nitrogen and oxygen atoms in total. The topological polar surface area (TPSA) is 12.0 Å². The molecule has 16 heavy (non-hydrogen) atoms. The maximum absolute atomic E-state index is 13.1. The highest BCUT2D eigenvalue weighted by molar-refractivity contribution is 14.1. The van der Waals surface area contributed by atoms with Crippen molar-refractivity contribution in [3.05, 3.63) is 34.1 Å². The first-order valence-electron chi connectivity index (χ1n) is 5.27. The zero-order chi connectivity index (χ0) is 12.1. The van der Waals surface area contributed by atoms with E-state index in [0.29, 0.717) is 18.5 Å². The van der Waals surface area contributed by atoms with E-state index in [-0.39, 0.29) is 5.82 Å². The van der Waals surface area contributed by atoms with Crippen molar-refractivity contribution in [2.75, 3.05) is 4.43 Å². The SMILES string of the molecule is CC(C)C(CI)NCc1cc(F)cc(Br)c1. The van der Waals surface area contributed by atoms with E-state index in [2.05, 4.69) is 57.7 Å². The quantitative estimate of drug-likeness (QED) is 0.579. The fourth-order valence-electron chi connectivity index (χ4n) is 1.43. The summed E-state index contributed by atoms with van der Waals surface area (Å²) in [5.41, 5.74) is 0.974. The molecular formula is C12H16BrFIN. The Labute approximate surface area is 118 Å². The van der Waals surface area contributed by atoms with Gasteiger partial charge in [-0.3, -0.25) is 0 Å². The van der Waals surface area contributed by atoms with Gasteiger partial charge < -0.3 is 5.32 Å². The standard InChI is InChI=1S/C12H16BrFIN/c1-8(2)12(6-15)16-7-9-3-10(13)5-11(14)4-9/h3-5,8,12,16H,6-7H2,1-2H3. The van der Waals surface area contributed by atoms with Gasteiger partial charge in [0, 0.05) is 21.5 Å². The van der Waals surface area contributed by atoms with E-state index in [1.807, 2.05) is 6.07 Å². The molecule has 0 bridgehead atoms. The molecule has 1 unspecified atom stereocenters. The number of hydrogen-bond donors (Lipinski definition) is 1. The molecule has 0 saturated heterocycles. The Hall–Kier alpha value is 0.320. The van der Waals surface area contributed by atoms with Crippen molar-refractivity contribution < 1.29 is 4.39 Å². The summed E-state index contributed by atoms with van der Waals surface area (Å²) in [7, 11) is 0. The van der Waals surface area contributed by atoms with Crippen LogP contribution in [-0.2, 0) is 6.54 Å². The lowest BCUT2D eigenvalue weighted by Gasteiger charge is -2.20. The summed E-state index contributed by atoms with van der Waals surface area (Å²) in [5.74, 6) is 0.399. The second-order valence-electron chi connectivity index (χ2n) is 4.16. The molecule has 0 spiro atoms. The van der Waals surface area contributed by atoms with Crippen LogP contribution >= 0.6 is 38.5 Å². The molecule has 1 atom stereocenters. The van der Waals surface area contributed by atoms with Crippen LogP contribution in [0.25, 0.3) is 0 Å². The Morgan fingerprint density at radius 3 is 2.56 bits per heavy atom. The number of nitrogens with one attached hydrogen (secondary N) is 1. The fraction of sp³-hybridized carbons (Fsp3) is 0.500. The first kappa shape index (κ1) is 14.4. The Kier molecular flexibility index (Phi) is 6.21. The van der Waals surface area contributed by atoms with E-state index in [9.17, 15) is 4.39 Å². The van der Waals surface area contributed by atoms with Gasteiger partial charge >= 0.3 is 0 Å². The first-order chi connectivity index (χ1) is 7.52. The van der Waals surface area contributed by atoms with Crippen molar-refractivity contribution in [1.29, 1.82) is 0 Å². The third kappa shape index (κ3) is 4.67. The average molecular weight is 400 g/mol. The predicted octanol–water partition coefficient (Wildman–Crippen LogP) is 4.14. The molecule has 4 heteroatoms. The van der Waals surface area contributed by atoms with E-state index in [1.165, 1.54) is 6.07 Å². The highest BCUT2D eigenvalue weighted by Crippen LogP contribution is 2.15. The van der Waals surface area contributed by atoms with Crippen molar-refractivity contribution in [2.45, 2.75) is 26.4 Å². The molecule has 0 heterocycles. The van der Waals surface area contributed by atoms with Gasteiger partial charge in [-0.05, 0) is 29.7 Å². The van der Waals surface area contributed by atoms with E-state index < -0.39 is 0 Å². The summed E-state index contributed by atoms with van der Waals surface area (Å²) < 4.78 is 15.0. The van der Waals surface area contributed by atoms with Crippen LogP contribution in [0.2, 0.25) is 0 Å². The van der Waals surface area contributed by atoms with Gasteiger partial charge in [-0.15, -0.1) is 0 Å². The summed E-state index contributed by atoms with van der Waals surface area (Å²) in [6.07, 6.45) is 0. The van der Waals surface area contributed by atoms with Crippen LogP contribution in [0.1, 0.15) is 19.4 Å². The molecule has 0 saturated carbocycles. The maximum Gasteiger partial charge on any atom is 0.124 e. The minimum atomic E-state index is -0.193. The molecule has 0 aromatic heterocycles. The Balaban J connectivity index is 2.60. The lowest BCUT2D eigenvalue weighted by Crippen LogP contribution is -2.34. The summed E-state index contributed by atoms with van der Waals surface area (Å²) in [5, 5.41) is 3.44. The minimum Gasteiger partial charge on any atom is -0.309 e. The minimum absolute atomic E-state index is 0.193. The van der Waals surface area contributed by atoms with E-state index in [0.717, 1.165) is 14.5 Å². The van der Waals surface area contributed by atoms with Gasteiger partial charge in [0.05, 0.1) is 0 Å². The Bertz CT molecular complexity index is 324. The second kappa shape index (κ2) is 6.91. The van der Waals surface area contributed by atoms with Crippen LogP contribution in [0, 0.1) is 11.7 Å². The van der Waals surface area contributed by atoms with Gasteiger partial charge in [0.1, 0.15) is 5.82 Å². The predicted molar refractivity (Wildman–Crippen MR) is 78.5 cm³/mol. The summed E-state index contributed by atoms with van der Waals surface area (Å²) >= 11 is 5.67. The zero-order valence-electron chi connectivity index (χ0n) is 9.43. The number of rotatable bonds is 5. The molecule has 0 amide bonds. The molecule has 0 radical (unpaired) electrons. The third-order valence-electron chi connectivity index (χ3n) is 2.46. The highest BCUT2D eigenvalue weighted by Gasteiger charge is 2.10. The molecule has 0 aliphatic rings. The van der Waals surface area contributed by atoms with Gasteiger partial charge in [0.2, 0.25) is 0 Å². The van der Waals surface area contributed by atoms with E-state index >= 15 is 0 Å². The van der Waals surface area contributed by atoms with Crippen molar-refractivity contribution in [3.63, 3.8) is 0 Å². The summed E-state index contributed by atoms with van der Waals surface area (Å²) in [6, 6.07) is 5.47. The molecule has 1 aromatic carbocycles. The molecule has 1 aromatic rings. The van der Waals surface area contributed by atoms with Gasteiger partial charge in [0.15, 0.2) is 0 Å². The molecule has 0 fully saturated rings. The fourth-order valence-corrected chi connectivity index (χ4v) is 3.27. The molecule has 0 aliphatic heterocycles. The average Bonchev–Trinajstić information content (AvgIpc) is 2.16. The molecule has 0 aliphatic carbocycles. The molecule has 1 rings (SSSR count). The smallest absolute Gasteiger partial charge is 0.124 e. The lowest BCUT2D eigenvalue weighted by molar-refractivity contribution is 0.436. The molecular weight excluding hydrogens is 384 g/mol. The van der Waals surface area contributed by atoms with Crippen LogP contribution in [0.15, 0.2) is 22.7 Å². The first-order valence-corrected chi connectivity index (χ1v) is 7.59. The monoisotopic (exact) mass is 399 g/mol. The second-order valence-corrected chi connectivity index (χ2v) is 5.96. The van der Waals surface area contributed by atoms with Crippen molar-refractivity contribution in [2.24, 2.45) is 5.92 Å². The number of benzene rings is 1. The summed E-state index contributed by atoms with van der Waals surface area (Å²) in [6.45, 7) is 5.10. The van der Waals surface area contributed by atoms with Crippen LogP contribution < -0.4 is 5.32 Å². The zero-order valence-corrected chi connectivity index (χ0v) is 13.2. The van der Waals surface area contributed by atoms with Crippen LogP contribution in [-0.4, -0.2) is 10.5 Å².